The van der Waals surface area contributed by atoms with Crippen molar-refractivity contribution in [3.63, 3.8) is 0 Å². The van der Waals surface area contributed by atoms with Gasteiger partial charge in [0.15, 0.2) is 0 Å². The van der Waals surface area contributed by atoms with E-state index in [4.69, 9.17) is 9.47 Å². The van der Waals surface area contributed by atoms with Gasteiger partial charge >= 0.3 is 6.09 Å². The van der Waals surface area contributed by atoms with E-state index in [1.807, 2.05) is 27.7 Å². The van der Waals surface area contributed by atoms with Crippen LogP contribution in [0.25, 0.3) is 0 Å². The summed E-state index contributed by atoms with van der Waals surface area (Å²) in [7, 11) is 0. The first-order valence-corrected chi connectivity index (χ1v) is 6.63. The highest BCUT2D eigenvalue weighted by Gasteiger charge is 2.32. The lowest BCUT2D eigenvalue weighted by molar-refractivity contribution is -0.0567. The molecule has 0 aromatic carbocycles. The molecule has 1 unspecified atom stereocenters. The van der Waals surface area contributed by atoms with E-state index < -0.39 is 5.60 Å². The molecule has 5 heteroatoms. The number of alkyl halides is 1. The predicted molar refractivity (Wildman–Crippen MR) is 65.9 cm³/mol. The Morgan fingerprint density at radius 3 is 2.69 bits per heavy atom. The van der Waals surface area contributed by atoms with E-state index in [1.165, 1.54) is 0 Å². The van der Waals surface area contributed by atoms with Crippen LogP contribution in [0.3, 0.4) is 0 Å². The Labute approximate surface area is 105 Å². The average Bonchev–Trinajstić information content (AvgIpc) is 2.15. The lowest BCUT2D eigenvalue weighted by Crippen LogP contribution is -2.52. The van der Waals surface area contributed by atoms with Crippen molar-refractivity contribution in [3.05, 3.63) is 0 Å². The Morgan fingerprint density at radius 1 is 1.56 bits per heavy atom. The Kier molecular flexibility index (Phi) is 4.62. The molecule has 16 heavy (non-hydrogen) atoms. The first-order valence-electron chi connectivity index (χ1n) is 5.50. The van der Waals surface area contributed by atoms with Crippen LogP contribution in [0.2, 0.25) is 0 Å². The minimum absolute atomic E-state index is 0.0590. The Morgan fingerprint density at radius 2 is 2.19 bits per heavy atom. The van der Waals surface area contributed by atoms with Crippen LogP contribution in [0.15, 0.2) is 0 Å². The zero-order valence-corrected chi connectivity index (χ0v) is 11.9. The lowest BCUT2D eigenvalue weighted by atomic mass is 10.2. The van der Waals surface area contributed by atoms with E-state index in [0.29, 0.717) is 13.2 Å². The third-order valence-electron chi connectivity index (χ3n) is 2.31. The number of hydrogen-bond donors (Lipinski definition) is 0. The smallest absolute Gasteiger partial charge is 0.410 e. The minimum atomic E-state index is -0.445. The number of carbonyl (C=O) groups excluding carboxylic acids is 1. The molecule has 0 aliphatic carbocycles. The maximum Gasteiger partial charge on any atom is 0.410 e. The van der Waals surface area contributed by atoms with E-state index in [9.17, 15) is 4.79 Å². The number of ether oxygens (including phenoxy) is 2. The highest BCUT2D eigenvalue weighted by Crippen LogP contribution is 2.17. The molecule has 1 amide bonds. The van der Waals surface area contributed by atoms with Gasteiger partial charge in [-0.2, -0.15) is 0 Å². The molecule has 0 aromatic heterocycles. The van der Waals surface area contributed by atoms with Crippen LogP contribution in [0.4, 0.5) is 4.79 Å². The van der Waals surface area contributed by atoms with Crippen LogP contribution < -0.4 is 0 Å². The van der Waals surface area contributed by atoms with Gasteiger partial charge in [0, 0.05) is 5.33 Å². The number of carbonyl (C=O) groups is 1. The first-order chi connectivity index (χ1) is 7.33. The van der Waals surface area contributed by atoms with Gasteiger partial charge in [0.1, 0.15) is 5.60 Å². The molecule has 1 saturated heterocycles. The fraction of sp³-hybridized carbons (Fsp3) is 0.909. The largest absolute Gasteiger partial charge is 0.444 e. The summed E-state index contributed by atoms with van der Waals surface area (Å²) in [6.07, 6.45) is -0.196. The second kappa shape index (κ2) is 5.36. The molecule has 1 fully saturated rings. The summed E-state index contributed by atoms with van der Waals surface area (Å²) in [5, 5.41) is 0.735. The van der Waals surface area contributed by atoms with Crippen molar-refractivity contribution in [1.29, 1.82) is 0 Å². The number of hydrogen-bond acceptors (Lipinski definition) is 3. The van der Waals surface area contributed by atoms with E-state index >= 15 is 0 Å². The van der Waals surface area contributed by atoms with Gasteiger partial charge < -0.3 is 14.4 Å². The molecule has 1 aliphatic heterocycles. The Hall–Kier alpha value is -0.290. The third-order valence-corrected chi connectivity index (χ3v) is 3.03. The van der Waals surface area contributed by atoms with Gasteiger partial charge in [-0.25, -0.2) is 4.79 Å². The molecule has 1 heterocycles. The molecule has 4 nitrogen and oxygen atoms in total. The number of halogens is 1. The van der Waals surface area contributed by atoms with Crippen molar-refractivity contribution in [2.75, 3.05) is 18.5 Å². The van der Waals surface area contributed by atoms with Crippen molar-refractivity contribution in [2.45, 2.75) is 45.4 Å². The number of nitrogens with zero attached hydrogens (tertiary/aromatic N) is 1. The van der Waals surface area contributed by atoms with Crippen LogP contribution in [-0.2, 0) is 9.47 Å². The normalized spacial score (nSPS) is 26.7. The highest BCUT2D eigenvalue weighted by atomic mass is 79.9. The maximum atomic E-state index is 11.9. The Bertz CT molecular complexity index is 252. The second-order valence-corrected chi connectivity index (χ2v) is 5.74. The van der Waals surface area contributed by atoms with Crippen LogP contribution in [0.1, 0.15) is 27.7 Å². The second-order valence-electron chi connectivity index (χ2n) is 5.09. The summed E-state index contributed by atoms with van der Waals surface area (Å²) in [5.74, 6) is 0. The van der Waals surface area contributed by atoms with Gasteiger partial charge in [-0.05, 0) is 27.7 Å². The monoisotopic (exact) mass is 293 g/mol. The van der Waals surface area contributed by atoms with Gasteiger partial charge in [-0.15, -0.1) is 0 Å². The number of rotatable bonds is 1. The van der Waals surface area contributed by atoms with Crippen LogP contribution in [0, 0.1) is 0 Å². The molecule has 1 aliphatic rings. The quantitative estimate of drug-likeness (QED) is 0.697. The van der Waals surface area contributed by atoms with E-state index in [1.54, 1.807) is 4.90 Å². The molecular formula is C11H20BrNO3. The van der Waals surface area contributed by atoms with Gasteiger partial charge in [-0.1, -0.05) is 15.9 Å². The zero-order valence-electron chi connectivity index (χ0n) is 10.3. The molecular weight excluding hydrogens is 274 g/mol. The van der Waals surface area contributed by atoms with E-state index in [0.717, 1.165) is 5.33 Å². The van der Waals surface area contributed by atoms with Crippen LogP contribution >= 0.6 is 15.9 Å². The zero-order chi connectivity index (χ0) is 12.3. The van der Waals surface area contributed by atoms with Crippen LogP contribution in [-0.4, -0.2) is 47.2 Å². The van der Waals surface area contributed by atoms with Crippen molar-refractivity contribution in [3.8, 4) is 0 Å². The lowest BCUT2D eigenvalue weighted by Gasteiger charge is -2.38. The van der Waals surface area contributed by atoms with Crippen molar-refractivity contribution < 1.29 is 14.3 Å². The van der Waals surface area contributed by atoms with E-state index in [-0.39, 0.29) is 18.2 Å². The topological polar surface area (TPSA) is 38.8 Å². The Balaban J connectivity index is 2.59. The standard InChI is InChI=1S/C11H20BrNO3/c1-8-7-15-9(5-12)6-13(8)10(14)16-11(2,3)4/h8-9H,5-7H2,1-4H3/t8?,9-/m1/s1. The molecule has 2 atom stereocenters. The summed E-state index contributed by atoms with van der Waals surface area (Å²) >= 11 is 3.37. The molecule has 0 bridgehead atoms. The minimum Gasteiger partial charge on any atom is -0.444 e. The molecule has 0 radical (unpaired) electrons. The average molecular weight is 294 g/mol. The molecule has 0 spiro atoms. The molecule has 0 N–H and O–H groups in total. The fourth-order valence-corrected chi connectivity index (χ4v) is 1.88. The van der Waals surface area contributed by atoms with Gasteiger partial charge in [0.25, 0.3) is 0 Å². The molecule has 1 rings (SSSR count). The van der Waals surface area contributed by atoms with Crippen molar-refractivity contribution >= 4 is 22.0 Å². The first kappa shape index (κ1) is 13.8. The summed E-state index contributed by atoms with van der Waals surface area (Å²) in [5.41, 5.74) is -0.445. The molecule has 0 aromatic rings. The molecule has 0 saturated carbocycles. The molecule has 94 valence electrons. The van der Waals surface area contributed by atoms with Gasteiger partial charge in [0.2, 0.25) is 0 Å². The highest BCUT2D eigenvalue weighted by molar-refractivity contribution is 9.09. The summed E-state index contributed by atoms with van der Waals surface area (Å²) < 4.78 is 10.9. The van der Waals surface area contributed by atoms with Gasteiger partial charge in [-0.3, -0.25) is 0 Å². The van der Waals surface area contributed by atoms with Crippen LogP contribution in [0.5, 0.6) is 0 Å². The fourth-order valence-electron chi connectivity index (χ4n) is 1.49. The third kappa shape index (κ3) is 3.94. The summed E-state index contributed by atoms with van der Waals surface area (Å²) in [4.78, 5) is 13.7. The summed E-state index contributed by atoms with van der Waals surface area (Å²) in [6.45, 7) is 8.74. The van der Waals surface area contributed by atoms with E-state index in [2.05, 4.69) is 15.9 Å². The maximum absolute atomic E-state index is 11.9. The number of amides is 1. The van der Waals surface area contributed by atoms with Gasteiger partial charge in [0.05, 0.1) is 25.3 Å². The predicted octanol–water partition coefficient (Wildman–Crippen LogP) is 2.41. The SMILES string of the molecule is CC1CO[C@H](CBr)CN1C(=O)OC(C)(C)C. The number of morpholine rings is 1. The van der Waals surface area contributed by atoms with Crippen molar-refractivity contribution in [1.82, 2.24) is 4.90 Å². The van der Waals surface area contributed by atoms with Crippen molar-refractivity contribution in [2.24, 2.45) is 0 Å². The summed E-state index contributed by atoms with van der Waals surface area (Å²) in [6, 6.07) is 0.0742.